The van der Waals surface area contributed by atoms with Crippen LogP contribution >= 0.6 is 0 Å². The lowest BCUT2D eigenvalue weighted by atomic mass is 10.2. The molecule has 0 aromatic carbocycles. The Hall–Kier alpha value is -0.170. The first kappa shape index (κ1) is 13.8. The molecule has 0 aliphatic heterocycles. The quantitative estimate of drug-likeness (QED) is 0.542. The highest BCUT2D eigenvalue weighted by Gasteiger charge is 2.14. The van der Waals surface area contributed by atoms with E-state index in [1.54, 1.807) is 0 Å². The monoisotopic (exact) mass is 224 g/mol. The Kier molecular flexibility index (Phi) is 7.08. The van der Waals surface area contributed by atoms with Crippen LogP contribution in [0.15, 0.2) is 0 Å². The molecule has 0 aromatic rings. The summed E-state index contributed by atoms with van der Waals surface area (Å²) in [6.07, 6.45) is 1.88. The van der Waals surface area contributed by atoms with Gasteiger partial charge in [0.25, 0.3) is 10.2 Å². The van der Waals surface area contributed by atoms with Crippen LogP contribution in [0.4, 0.5) is 0 Å². The van der Waals surface area contributed by atoms with Crippen molar-refractivity contribution in [1.29, 1.82) is 0 Å². The molecular formula is C8H20N2O3S. The molecular weight excluding hydrogens is 204 g/mol. The minimum absolute atomic E-state index is 0.00515. The fraction of sp³-hybridized carbons (Fsp3) is 1.00. The van der Waals surface area contributed by atoms with Crippen LogP contribution in [0.2, 0.25) is 0 Å². The zero-order chi connectivity index (χ0) is 11.0. The zero-order valence-electron chi connectivity index (χ0n) is 8.78. The lowest BCUT2D eigenvalue weighted by molar-refractivity contribution is 0.270. The molecule has 1 unspecified atom stereocenters. The molecule has 0 aliphatic carbocycles. The van der Waals surface area contributed by atoms with Gasteiger partial charge in [-0.05, 0) is 19.3 Å². The van der Waals surface area contributed by atoms with Crippen molar-refractivity contribution in [2.45, 2.75) is 39.2 Å². The van der Waals surface area contributed by atoms with E-state index in [2.05, 4.69) is 9.44 Å². The van der Waals surface area contributed by atoms with Crippen molar-refractivity contribution in [1.82, 2.24) is 9.44 Å². The molecule has 0 aliphatic rings. The van der Waals surface area contributed by atoms with Crippen LogP contribution < -0.4 is 9.44 Å². The van der Waals surface area contributed by atoms with Crippen LogP contribution in [0.25, 0.3) is 0 Å². The summed E-state index contributed by atoms with van der Waals surface area (Å²) >= 11 is 0. The Bertz CT molecular complexity index is 229. The molecule has 0 bridgehead atoms. The van der Waals surface area contributed by atoms with Crippen molar-refractivity contribution in [2.75, 3.05) is 13.2 Å². The standard InChI is InChI=1S/C8H20N2O3S/c1-3-6-9-14(12,13)10-8(4-2)5-7-11/h8-11H,3-7H2,1-2H3. The Morgan fingerprint density at radius 1 is 1.36 bits per heavy atom. The molecule has 0 radical (unpaired) electrons. The van der Waals surface area contributed by atoms with E-state index in [0.29, 0.717) is 19.4 Å². The van der Waals surface area contributed by atoms with Gasteiger partial charge in [-0.1, -0.05) is 13.8 Å². The molecule has 5 nitrogen and oxygen atoms in total. The fourth-order valence-electron chi connectivity index (χ4n) is 1.000. The lowest BCUT2D eigenvalue weighted by Gasteiger charge is -2.15. The maximum Gasteiger partial charge on any atom is 0.277 e. The first-order valence-electron chi connectivity index (χ1n) is 4.93. The van der Waals surface area contributed by atoms with Gasteiger partial charge >= 0.3 is 0 Å². The van der Waals surface area contributed by atoms with Crippen molar-refractivity contribution in [3.8, 4) is 0 Å². The minimum atomic E-state index is -3.39. The third-order valence-electron chi connectivity index (χ3n) is 1.83. The van der Waals surface area contributed by atoms with Crippen LogP contribution in [0.3, 0.4) is 0 Å². The molecule has 0 saturated carbocycles. The third kappa shape index (κ3) is 6.31. The Morgan fingerprint density at radius 3 is 2.43 bits per heavy atom. The topological polar surface area (TPSA) is 78.4 Å². The second-order valence-electron chi connectivity index (χ2n) is 3.13. The molecule has 86 valence electrons. The van der Waals surface area contributed by atoms with Gasteiger partial charge in [0.15, 0.2) is 0 Å². The van der Waals surface area contributed by atoms with Crippen molar-refractivity contribution in [3.05, 3.63) is 0 Å². The van der Waals surface area contributed by atoms with E-state index in [-0.39, 0.29) is 12.6 Å². The summed E-state index contributed by atoms with van der Waals surface area (Å²) in [5.41, 5.74) is 0. The molecule has 0 amide bonds. The van der Waals surface area contributed by atoms with E-state index < -0.39 is 10.2 Å². The number of hydrogen-bond donors (Lipinski definition) is 3. The highest BCUT2D eigenvalue weighted by Crippen LogP contribution is 1.98. The highest BCUT2D eigenvalue weighted by molar-refractivity contribution is 7.87. The Labute approximate surface area is 86.1 Å². The number of hydrogen-bond acceptors (Lipinski definition) is 3. The van der Waals surface area contributed by atoms with E-state index in [1.165, 1.54) is 0 Å². The fourth-order valence-corrected chi connectivity index (χ4v) is 2.28. The zero-order valence-corrected chi connectivity index (χ0v) is 9.60. The number of aliphatic hydroxyl groups excluding tert-OH is 1. The van der Waals surface area contributed by atoms with E-state index >= 15 is 0 Å². The summed E-state index contributed by atoms with van der Waals surface area (Å²) in [7, 11) is -3.39. The first-order valence-corrected chi connectivity index (χ1v) is 6.41. The van der Waals surface area contributed by atoms with Gasteiger partial charge in [0.2, 0.25) is 0 Å². The van der Waals surface area contributed by atoms with Gasteiger partial charge < -0.3 is 5.11 Å². The molecule has 0 heterocycles. The van der Waals surface area contributed by atoms with Gasteiger partial charge in [0.1, 0.15) is 0 Å². The van der Waals surface area contributed by atoms with E-state index in [9.17, 15) is 8.42 Å². The molecule has 0 fully saturated rings. The minimum Gasteiger partial charge on any atom is -0.396 e. The first-order chi connectivity index (χ1) is 6.55. The normalized spacial score (nSPS) is 14.2. The van der Waals surface area contributed by atoms with Crippen LogP contribution in [0.1, 0.15) is 33.1 Å². The van der Waals surface area contributed by atoms with Gasteiger partial charge in [-0.25, -0.2) is 4.72 Å². The largest absolute Gasteiger partial charge is 0.396 e. The maximum absolute atomic E-state index is 11.3. The maximum atomic E-state index is 11.3. The van der Waals surface area contributed by atoms with Gasteiger partial charge in [0.05, 0.1) is 0 Å². The molecule has 0 rings (SSSR count). The van der Waals surface area contributed by atoms with Crippen molar-refractivity contribution in [2.24, 2.45) is 0 Å². The summed E-state index contributed by atoms with van der Waals surface area (Å²) in [6, 6.07) is -0.186. The third-order valence-corrected chi connectivity index (χ3v) is 3.06. The van der Waals surface area contributed by atoms with E-state index in [4.69, 9.17) is 5.11 Å². The van der Waals surface area contributed by atoms with Crippen LogP contribution in [0.5, 0.6) is 0 Å². The van der Waals surface area contributed by atoms with Crippen LogP contribution in [0, 0.1) is 0 Å². The summed E-state index contributed by atoms with van der Waals surface area (Å²) < 4.78 is 27.6. The van der Waals surface area contributed by atoms with Crippen molar-refractivity contribution >= 4 is 10.2 Å². The summed E-state index contributed by atoms with van der Waals surface area (Å²) in [6.45, 7) is 4.20. The average Bonchev–Trinajstić information content (AvgIpc) is 2.14. The van der Waals surface area contributed by atoms with Gasteiger partial charge in [-0.2, -0.15) is 13.1 Å². The van der Waals surface area contributed by atoms with Gasteiger partial charge in [-0.15, -0.1) is 0 Å². The van der Waals surface area contributed by atoms with E-state index in [0.717, 1.165) is 6.42 Å². The second kappa shape index (κ2) is 7.17. The van der Waals surface area contributed by atoms with Crippen LogP contribution in [-0.2, 0) is 10.2 Å². The molecule has 6 heteroatoms. The molecule has 0 saturated heterocycles. The number of rotatable bonds is 8. The van der Waals surface area contributed by atoms with Crippen molar-refractivity contribution < 1.29 is 13.5 Å². The van der Waals surface area contributed by atoms with Crippen molar-refractivity contribution in [3.63, 3.8) is 0 Å². The molecule has 14 heavy (non-hydrogen) atoms. The Morgan fingerprint density at radius 2 is 2.00 bits per heavy atom. The summed E-state index contributed by atoms with van der Waals surface area (Å²) in [5, 5.41) is 8.69. The molecule has 1 atom stereocenters. The lowest BCUT2D eigenvalue weighted by Crippen LogP contribution is -2.43. The molecule has 3 N–H and O–H groups in total. The van der Waals surface area contributed by atoms with Crippen LogP contribution in [-0.4, -0.2) is 32.7 Å². The highest BCUT2D eigenvalue weighted by atomic mass is 32.2. The predicted octanol–water partition coefficient (Wildman–Crippen LogP) is -0.0186. The summed E-state index contributed by atoms with van der Waals surface area (Å²) in [4.78, 5) is 0. The molecule has 0 aromatic heterocycles. The second-order valence-corrected chi connectivity index (χ2v) is 4.66. The summed E-state index contributed by atoms with van der Waals surface area (Å²) in [5.74, 6) is 0. The number of aliphatic hydroxyl groups is 1. The Balaban J connectivity index is 4.04. The SMILES string of the molecule is CCCNS(=O)(=O)NC(CC)CCO. The average molecular weight is 224 g/mol. The van der Waals surface area contributed by atoms with E-state index in [1.807, 2.05) is 13.8 Å². The van der Waals surface area contributed by atoms with Gasteiger partial charge in [0, 0.05) is 19.2 Å². The molecule has 0 spiro atoms. The smallest absolute Gasteiger partial charge is 0.277 e. The predicted molar refractivity (Wildman–Crippen MR) is 56.1 cm³/mol. The van der Waals surface area contributed by atoms with Gasteiger partial charge in [-0.3, -0.25) is 0 Å². The number of nitrogens with one attached hydrogen (secondary N) is 2.